The highest BCUT2D eigenvalue weighted by Crippen LogP contribution is 2.50. The molecular formula is C11H18N2O. The van der Waals surface area contributed by atoms with Gasteiger partial charge in [0.05, 0.1) is 11.9 Å². The molecule has 0 amide bonds. The van der Waals surface area contributed by atoms with E-state index in [0.717, 1.165) is 17.9 Å². The molecule has 0 bridgehead atoms. The molecule has 1 aliphatic rings. The predicted molar refractivity (Wildman–Crippen MR) is 54.8 cm³/mol. The summed E-state index contributed by atoms with van der Waals surface area (Å²) in [6, 6.07) is 0. The van der Waals surface area contributed by atoms with Crippen molar-refractivity contribution in [3.05, 3.63) is 17.7 Å². The normalized spacial score (nSPS) is 36.9. The molecule has 0 saturated heterocycles. The largest absolute Gasteiger partial charge is 0.383 e. The molecule has 0 radical (unpaired) electrons. The predicted octanol–water partition coefficient (Wildman–Crippen LogP) is 1.59. The first kappa shape index (κ1) is 9.71. The topological polar surface area (TPSA) is 38.1 Å². The molecule has 1 heterocycles. The molecule has 0 aliphatic heterocycles. The second-order valence-electron chi connectivity index (χ2n) is 4.64. The van der Waals surface area contributed by atoms with Gasteiger partial charge in [0.2, 0.25) is 0 Å². The summed E-state index contributed by atoms with van der Waals surface area (Å²) in [6.45, 7) is 6.25. The molecule has 3 atom stereocenters. The number of aryl methyl sites for hydroxylation is 1. The SMILES string of the molecule is Cc1ncc(C2(O)CC(C)C2C)n1C. The molecule has 3 heteroatoms. The van der Waals surface area contributed by atoms with Crippen molar-refractivity contribution in [2.45, 2.75) is 32.8 Å². The first-order chi connectivity index (χ1) is 6.47. The number of hydrogen-bond donors (Lipinski definition) is 1. The molecule has 1 aliphatic carbocycles. The fraction of sp³-hybridized carbons (Fsp3) is 0.727. The second kappa shape index (κ2) is 2.83. The Hall–Kier alpha value is -0.830. The first-order valence-corrected chi connectivity index (χ1v) is 5.18. The van der Waals surface area contributed by atoms with E-state index in [1.807, 2.05) is 18.5 Å². The molecular weight excluding hydrogens is 176 g/mol. The van der Waals surface area contributed by atoms with Gasteiger partial charge in [-0.1, -0.05) is 13.8 Å². The van der Waals surface area contributed by atoms with Crippen LogP contribution in [-0.2, 0) is 12.6 Å². The van der Waals surface area contributed by atoms with Gasteiger partial charge < -0.3 is 9.67 Å². The maximum atomic E-state index is 10.5. The average molecular weight is 194 g/mol. The standard InChI is InChI=1S/C11H18N2O/c1-7-5-11(14,8(7)2)10-6-12-9(3)13(10)4/h6-8,14H,5H2,1-4H3. The van der Waals surface area contributed by atoms with E-state index in [-0.39, 0.29) is 0 Å². The van der Waals surface area contributed by atoms with Crippen LogP contribution in [0.25, 0.3) is 0 Å². The van der Waals surface area contributed by atoms with Crippen molar-refractivity contribution in [2.24, 2.45) is 18.9 Å². The highest BCUT2D eigenvalue weighted by molar-refractivity contribution is 5.19. The Bertz CT molecular complexity index is 358. The van der Waals surface area contributed by atoms with E-state index in [1.165, 1.54) is 0 Å². The lowest BCUT2D eigenvalue weighted by Crippen LogP contribution is -2.49. The van der Waals surface area contributed by atoms with E-state index in [2.05, 4.69) is 18.8 Å². The molecule has 1 N–H and O–H groups in total. The van der Waals surface area contributed by atoms with Gasteiger partial charge in [0.1, 0.15) is 11.4 Å². The molecule has 0 spiro atoms. The maximum absolute atomic E-state index is 10.5. The van der Waals surface area contributed by atoms with Crippen LogP contribution in [0.1, 0.15) is 31.8 Å². The highest BCUT2D eigenvalue weighted by Gasteiger charge is 2.50. The highest BCUT2D eigenvalue weighted by atomic mass is 16.3. The minimum absolute atomic E-state index is 0.331. The van der Waals surface area contributed by atoms with Gasteiger partial charge in [-0.25, -0.2) is 4.98 Å². The summed E-state index contributed by atoms with van der Waals surface area (Å²) in [5.41, 5.74) is 0.315. The Labute approximate surface area is 84.8 Å². The van der Waals surface area contributed by atoms with E-state index >= 15 is 0 Å². The Morgan fingerprint density at radius 3 is 2.57 bits per heavy atom. The minimum atomic E-state index is -0.643. The Kier molecular flexibility index (Phi) is 1.96. The van der Waals surface area contributed by atoms with Crippen molar-refractivity contribution in [1.82, 2.24) is 9.55 Å². The fourth-order valence-electron chi connectivity index (χ4n) is 2.41. The lowest BCUT2D eigenvalue weighted by atomic mass is 9.61. The molecule has 1 fully saturated rings. The Balaban J connectivity index is 2.36. The van der Waals surface area contributed by atoms with Crippen molar-refractivity contribution in [3.8, 4) is 0 Å². The monoisotopic (exact) mass is 194 g/mol. The molecule has 1 aromatic rings. The number of rotatable bonds is 1. The van der Waals surface area contributed by atoms with Crippen molar-refractivity contribution in [3.63, 3.8) is 0 Å². The number of aliphatic hydroxyl groups is 1. The van der Waals surface area contributed by atoms with Crippen LogP contribution in [0.15, 0.2) is 6.20 Å². The second-order valence-corrected chi connectivity index (χ2v) is 4.64. The summed E-state index contributed by atoms with van der Waals surface area (Å²) in [6.07, 6.45) is 2.66. The molecule has 1 saturated carbocycles. The van der Waals surface area contributed by atoms with E-state index in [9.17, 15) is 5.11 Å². The van der Waals surface area contributed by atoms with Crippen molar-refractivity contribution in [1.29, 1.82) is 0 Å². The quantitative estimate of drug-likeness (QED) is 0.737. The van der Waals surface area contributed by atoms with E-state index in [4.69, 9.17) is 0 Å². The lowest BCUT2D eigenvalue weighted by molar-refractivity contribution is -0.136. The molecule has 0 aromatic carbocycles. The van der Waals surface area contributed by atoms with Crippen LogP contribution < -0.4 is 0 Å². The van der Waals surface area contributed by atoms with Gasteiger partial charge >= 0.3 is 0 Å². The zero-order chi connectivity index (χ0) is 10.5. The van der Waals surface area contributed by atoms with Gasteiger partial charge in [-0.3, -0.25) is 0 Å². The van der Waals surface area contributed by atoms with Crippen LogP contribution >= 0.6 is 0 Å². The number of nitrogens with zero attached hydrogens (tertiary/aromatic N) is 2. The minimum Gasteiger partial charge on any atom is -0.383 e. The Morgan fingerprint density at radius 1 is 1.57 bits per heavy atom. The van der Waals surface area contributed by atoms with E-state index in [1.54, 1.807) is 6.20 Å². The summed E-state index contributed by atoms with van der Waals surface area (Å²) in [4.78, 5) is 4.23. The van der Waals surface area contributed by atoms with Crippen LogP contribution in [-0.4, -0.2) is 14.7 Å². The summed E-state index contributed by atoms with van der Waals surface area (Å²) in [5.74, 6) is 1.90. The van der Waals surface area contributed by atoms with Crippen LogP contribution in [0.2, 0.25) is 0 Å². The third kappa shape index (κ3) is 1.05. The number of hydrogen-bond acceptors (Lipinski definition) is 2. The number of imidazole rings is 1. The summed E-state index contributed by atoms with van der Waals surface area (Å²) >= 11 is 0. The van der Waals surface area contributed by atoms with Crippen molar-refractivity contribution < 1.29 is 5.11 Å². The molecule has 1 aromatic heterocycles. The van der Waals surface area contributed by atoms with E-state index in [0.29, 0.717) is 11.8 Å². The van der Waals surface area contributed by atoms with Crippen LogP contribution in [0.3, 0.4) is 0 Å². The maximum Gasteiger partial charge on any atom is 0.109 e. The zero-order valence-electron chi connectivity index (χ0n) is 9.28. The van der Waals surface area contributed by atoms with Gasteiger partial charge in [0.25, 0.3) is 0 Å². The number of aromatic nitrogens is 2. The third-order valence-corrected chi connectivity index (χ3v) is 3.90. The van der Waals surface area contributed by atoms with Crippen LogP contribution in [0, 0.1) is 18.8 Å². The smallest absolute Gasteiger partial charge is 0.109 e. The molecule has 2 rings (SSSR count). The van der Waals surface area contributed by atoms with Gasteiger partial charge in [-0.15, -0.1) is 0 Å². The molecule has 78 valence electrons. The van der Waals surface area contributed by atoms with Gasteiger partial charge in [-0.05, 0) is 25.2 Å². The third-order valence-electron chi connectivity index (χ3n) is 3.90. The summed E-state index contributed by atoms with van der Waals surface area (Å²) < 4.78 is 1.99. The fourth-order valence-corrected chi connectivity index (χ4v) is 2.41. The van der Waals surface area contributed by atoms with Gasteiger partial charge in [0.15, 0.2) is 0 Å². The van der Waals surface area contributed by atoms with Gasteiger partial charge in [-0.2, -0.15) is 0 Å². The van der Waals surface area contributed by atoms with Crippen molar-refractivity contribution in [2.75, 3.05) is 0 Å². The Morgan fingerprint density at radius 2 is 2.21 bits per heavy atom. The van der Waals surface area contributed by atoms with E-state index < -0.39 is 5.60 Å². The van der Waals surface area contributed by atoms with Crippen LogP contribution in [0.5, 0.6) is 0 Å². The van der Waals surface area contributed by atoms with Gasteiger partial charge in [0, 0.05) is 7.05 Å². The summed E-state index contributed by atoms with van der Waals surface area (Å²) in [7, 11) is 1.96. The molecule has 14 heavy (non-hydrogen) atoms. The molecule has 3 unspecified atom stereocenters. The van der Waals surface area contributed by atoms with Crippen LogP contribution in [0.4, 0.5) is 0 Å². The zero-order valence-corrected chi connectivity index (χ0v) is 9.28. The van der Waals surface area contributed by atoms with Crippen molar-refractivity contribution >= 4 is 0 Å². The summed E-state index contributed by atoms with van der Waals surface area (Å²) in [5, 5.41) is 10.5. The lowest BCUT2D eigenvalue weighted by Gasteiger charge is -2.49. The average Bonchev–Trinajstić information content (AvgIpc) is 2.47. The molecule has 3 nitrogen and oxygen atoms in total. The first-order valence-electron chi connectivity index (χ1n) is 5.18.